The zero-order valence-electron chi connectivity index (χ0n) is 11.9. The predicted molar refractivity (Wildman–Crippen MR) is 80.1 cm³/mol. The fraction of sp³-hybridized carbons (Fsp3) is 0.357. The molecule has 7 nitrogen and oxygen atoms in total. The topological polar surface area (TPSA) is 84.7 Å². The number of nitrogens with zero attached hydrogens (tertiary/aromatic N) is 2. The van der Waals surface area contributed by atoms with Crippen molar-refractivity contribution in [3.8, 4) is 11.3 Å². The minimum absolute atomic E-state index is 0.207. The molecule has 1 aliphatic heterocycles. The summed E-state index contributed by atoms with van der Waals surface area (Å²) >= 11 is 0. The highest BCUT2D eigenvalue weighted by atomic mass is 32.2. The zero-order chi connectivity index (χ0) is 15.4. The Hall–Kier alpha value is -1.74. The third kappa shape index (κ3) is 3.53. The van der Waals surface area contributed by atoms with Crippen molar-refractivity contribution in [1.82, 2.24) is 14.0 Å². The fourth-order valence-corrected chi connectivity index (χ4v) is 3.32. The van der Waals surface area contributed by atoms with Crippen LogP contribution in [0.4, 0.5) is 0 Å². The van der Waals surface area contributed by atoms with Crippen LogP contribution in [0.2, 0.25) is 0 Å². The van der Waals surface area contributed by atoms with E-state index in [9.17, 15) is 8.42 Å². The molecule has 0 bridgehead atoms. The van der Waals surface area contributed by atoms with Crippen LogP contribution in [0.25, 0.3) is 11.3 Å². The minimum Gasteiger partial charge on any atom is -0.472 e. The molecule has 8 heteroatoms. The smallest absolute Gasteiger partial charge is 0.279 e. The van der Waals surface area contributed by atoms with Crippen LogP contribution in [0.1, 0.15) is 5.56 Å². The van der Waals surface area contributed by atoms with Crippen molar-refractivity contribution in [1.29, 1.82) is 0 Å². The lowest BCUT2D eigenvalue weighted by atomic mass is 10.2. The van der Waals surface area contributed by atoms with E-state index in [1.807, 2.05) is 18.2 Å². The Balaban J connectivity index is 1.61. The molecule has 22 heavy (non-hydrogen) atoms. The van der Waals surface area contributed by atoms with Crippen LogP contribution in [-0.2, 0) is 21.5 Å². The number of morpholine rings is 1. The number of pyridine rings is 1. The van der Waals surface area contributed by atoms with Gasteiger partial charge in [0.05, 0.1) is 31.4 Å². The van der Waals surface area contributed by atoms with Crippen molar-refractivity contribution >= 4 is 10.2 Å². The highest BCUT2D eigenvalue weighted by Gasteiger charge is 2.23. The van der Waals surface area contributed by atoms with Crippen LogP contribution in [-0.4, -0.2) is 44.0 Å². The van der Waals surface area contributed by atoms with Crippen LogP contribution in [0.5, 0.6) is 0 Å². The van der Waals surface area contributed by atoms with Gasteiger partial charge in [0.25, 0.3) is 10.2 Å². The lowest BCUT2D eigenvalue weighted by Crippen LogP contribution is -2.46. The van der Waals surface area contributed by atoms with Gasteiger partial charge in [-0.15, -0.1) is 0 Å². The first-order chi connectivity index (χ1) is 10.6. The number of nitrogens with one attached hydrogen (secondary N) is 1. The quantitative estimate of drug-likeness (QED) is 0.887. The van der Waals surface area contributed by atoms with Gasteiger partial charge in [0.1, 0.15) is 0 Å². The molecule has 0 saturated carbocycles. The summed E-state index contributed by atoms with van der Waals surface area (Å²) in [4.78, 5) is 4.31. The van der Waals surface area contributed by atoms with Crippen molar-refractivity contribution in [3.63, 3.8) is 0 Å². The first-order valence-electron chi connectivity index (χ1n) is 6.95. The average molecular weight is 323 g/mol. The fourth-order valence-electron chi connectivity index (χ4n) is 2.16. The predicted octanol–water partition coefficient (Wildman–Crippen LogP) is 1.01. The Labute approximate surface area is 129 Å². The molecular formula is C14H17N3O4S. The Morgan fingerprint density at radius 3 is 2.68 bits per heavy atom. The van der Waals surface area contributed by atoms with E-state index in [1.165, 1.54) is 4.31 Å². The maximum atomic E-state index is 12.1. The van der Waals surface area contributed by atoms with Gasteiger partial charge in [-0.3, -0.25) is 4.98 Å². The number of furan rings is 1. The second kappa shape index (κ2) is 6.57. The van der Waals surface area contributed by atoms with Gasteiger partial charge in [-0.05, 0) is 17.7 Å². The molecule has 0 radical (unpaired) electrons. The highest BCUT2D eigenvalue weighted by molar-refractivity contribution is 7.87. The molecule has 3 heterocycles. The summed E-state index contributed by atoms with van der Waals surface area (Å²) < 4.78 is 38.4. The van der Waals surface area contributed by atoms with Crippen LogP contribution in [0, 0.1) is 0 Å². The molecule has 1 saturated heterocycles. The van der Waals surface area contributed by atoms with Gasteiger partial charge in [0, 0.05) is 31.4 Å². The number of hydrogen-bond donors (Lipinski definition) is 1. The van der Waals surface area contributed by atoms with E-state index in [1.54, 1.807) is 18.7 Å². The van der Waals surface area contributed by atoms with Gasteiger partial charge in [-0.1, -0.05) is 6.07 Å². The molecule has 0 aromatic carbocycles. The average Bonchev–Trinajstić information content (AvgIpc) is 3.09. The molecule has 1 aliphatic rings. The SMILES string of the molecule is O=S(=O)(NCc1ccc(-c2ccoc2)nc1)N1CCOCC1. The van der Waals surface area contributed by atoms with Gasteiger partial charge in [0.15, 0.2) is 0 Å². The summed E-state index contributed by atoms with van der Waals surface area (Å²) in [5.41, 5.74) is 2.47. The second-order valence-electron chi connectivity index (χ2n) is 4.90. The summed E-state index contributed by atoms with van der Waals surface area (Å²) in [5.74, 6) is 0. The summed E-state index contributed by atoms with van der Waals surface area (Å²) in [6.07, 6.45) is 4.86. The Morgan fingerprint density at radius 2 is 2.05 bits per heavy atom. The van der Waals surface area contributed by atoms with Gasteiger partial charge in [-0.25, -0.2) is 0 Å². The summed E-state index contributed by atoms with van der Waals surface area (Å²) in [5, 5.41) is 0. The van der Waals surface area contributed by atoms with Gasteiger partial charge in [-0.2, -0.15) is 17.4 Å². The molecular weight excluding hydrogens is 306 g/mol. The summed E-state index contributed by atoms with van der Waals surface area (Å²) in [6.45, 7) is 1.84. The molecule has 118 valence electrons. The standard InChI is InChI=1S/C14H17N3O4S/c18-22(19,17-4-7-20-8-5-17)16-10-12-1-2-14(15-9-12)13-3-6-21-11-13/h1-3,6,9,11,16H,4-5,7-8,10H2. The molecule has 1 fully saturated rings. The van der Waals surface area contributed by atoms with E-state index in [0.29, 0.717) is 26.3 Å². The van der Waals surface area contributed by atoms with Crippen LogP contribution >= 0.6 is 0 Å². The maximum Gasteiger partial charge on any atom is 0.279 e. The Bertz CT molecular complexity index is 692. The molecule has 0 amide bonds. The van der Waals surface area contributed by atoms with E-state index in [4.69, 9.17) is 9.15 Å². The van der Waals surface area contributed by atoms with E-state index < -0.39 is 10.2 Å². The molecule has 0 aliphatic carbocycles. The van der Waals surface area contributed by atoms with E-state index >= 15 is 0 Å². The first kappa shape index (κ1) is 15.2. The third-order valence-corrected chi connectivity index (χ3v) is 4.96. The van der Waals surface area contributed by atoms with Crippen LogP contribution in [0.15, 0.2) is 41.3 Å². The van der Waals surface area contributed by atoms with Crippen molar-refractivity contribution in [3.05, 3.63) is 42.5 Å². The summed E-state index contributed by atoms with van der Waals surface area (Å²) in [7, 11) is -3.47. The summed E-state index contributed by atoms with van der Waals surface area (Å²) in [6, 6.07) is 5.50. The normalized spacial score (nSPS) is 16.7. The third-order valence-electron chi connectivity index (χ3n) is 3.41. The van der Waals surface area contributed by atoms with E-state index in [2.05, 4.69) is 9.71 Å². The molecule has 2 aromatic rings. The lowest BCUT2D eigenvalue weighted by molar-refractivity contribution is 0.0725. The lowest BCUT2D eigenvalue weighted by Gasteiger charge is -2.26. The van der Waals surface area contributed by atoms with E-state index in [0.717, 1.165) is 16.8 Å². The Kier molecular flexibility index (Phi) is 4.53. The first-order valence-corrected chi connectivity index (χ1v) is 8.39. The molecule has 0 atom stereocenters. The molecule has 0 unspecified atom stereocenters. The number of ether oxygens (including phenoxy) is 1. The van der Waals surface area contributed by atoms with Crippen LogP contribution < -0.4 is 4.72 Å². The molecule has 0 spiro atoms. The maximum absolute atomic E-state index is 12.1. The van der Waals surface area contributed by atoms with Crippen molar-refractivity contribution in [2.24, 2.45) is 0 Å². The molecule has 2 aromatic heterocycles. The number of hydrogen-bond acceptors (Lipinski definition) is 5. The minimum atomic E-state index is -3.47. The van der Waals surface area contributed by atoms with Crippen molar-refractivity contribution in [2.45, 2.75) is 6.54 Å². The number of rotatable bonds is 5. The largest absolute Gasteiger partial charge is 0.472 e. The van der Waals surface area contributed by atoms with E-state index in [-0.39, 0.29) is 6.54 Å². The van der Waals surface area contributed by atoms with Gasteiger partial charge in [0.2, 0.25) is 0 Å². The Morgan fingerprint density at radius 1 is 1.23 bits per heavy atom. The second-order valence-corrected chi connectivity index (χ2v) is 6.66. The van der Waals surface area contributed by atoms with Gasteiger partial charge < -0.3 is 9.15 Å². The van der Waals surface area contributed by atoms with Gasteiger partial charge >= 0.3 is 0 Å². The molecule has 1 N–H and O–H groups in total. The monoisotopic (exact) mass is 323 g/mol. The van der Waals surface area contributed by atoms with Crippen molar-refractivity contribution in [2.75, 3.05) is 26.3 Å². The van der Waals surface area contributed by atoms with Crippen LogP contribution in [0.3, 0.4) is 0 Å². The number of aromatic nitrogens is 1. The zero-order valence-corrected chi connectivity index (χ0v) is 12.8. The van der Waals surface area contributed by atoms with Crippen molar-refractivity contribution < 1.29 is 17.6 Å². The highest BCUT2D eigenvalue weighted by Crippen LogP contribution is 2.17. The molecule has 3 rings (SSSR count).